The van der Waals surface area contributed by atoms with Crippen LogP contribution in [0.1, 0.15) is 20.8 Å². The van der Waals surface area contributed by atoms with Gasteiger partial charge in [0, 0.05) is 6.92 Å². The molecule has 1 N–H and O–H groups in total. The highest BCUT2D eigenvalue weighted by Gasteiger charge is 2.35. The quantitative estimate of drug-likeness (QED) is 0.735. The highest BCUT2D eigenvalue weighted by molar-refractivity contribution is 5.71. The molecule has 18 heavy (non-hydrogen) atoms. The molecule has 6 heteroatoms. The van der Waals surface area contributed by atoms with Crippen molar-refractivity contribution in [1.82, 2.24) is 0 Å². The van der Waals surface area contributed by atoms with Gasteiger partial charge in [0.15, 0.2) is 12.2 Å². The number of hydrogen-bond acceptors (Lipinski definition) is 6. The van der Waals surface area contributed by atoms with E-state index in [1.807, 2.05) is 0 Å². The maximum Gasteiger partial charge on any atom is 0.308 e. The highest BCUT2D eigenvalue weighted by Crippen LogP contribution is 2.18. The number of ether oxygens (including phenoxy) is 3. The first-order valence-corrected chi connectivity index (χ1v) is 5.76. The van der Waals surface area contributed by atoms with E-state index < -0.39 is 30.3 Å². The van der Waals surface area contributed by atoms with E-state index in [9.17, 15) is 14.7 Å². The van der Waals surface area contributed by atoms with Crippen molar-refractivity contribution in [3.05, 3.63) is 12.3 Å². The van der Waals surface area contributed by atoms with E-state index in [0.717, 1.165) is 0 Å². The molecule has 1 aliphatic rings. The highest BCUT2D eigenvalue weighted by atomic mass is 16.6. The molecule has 0 fully saturated rings. The second-order valence-corrected chi connectivity index (χ2v) is 4.35. The molecular weight excluding hydrogens is 240 g/mol. The van der Waals surface area contributed by atoms with Gasteiger partial charge in [0.05, 0.1) is 12.2 Å². The zero-order valence-electron chi connectivity index (χ0n) is 10.7. The normalized spacial score (nSPS) is 26.6. The predicted molar refractivity (Wildman–Crippen MR) is 61.4 cm³/mol. The smallest absolute Gasteiger partial charge is 0.308 e. The van der Waals surface area contributed by atoms with Crippen molar-refractivity contribution in [2.75, 3.05) is 6.61 Å². The number of aliphatic hydroxyl groups excluding tert-OH is 1. The molecule has 0 amide bonds. The van der Waals surface area contributed by atoms with Crippen LogP contribution in [0.4, 0.5) is 0 Å². The average Bonchev–Trinajstić information content (AvgIpc) is 2.29. The maximum absolute atomic E-state index is 11.5. The molecule has 3 atom stereocenters. The van der Waals surface area contributed by atoms with Crippen molar-refractivity contribution < 1.29 is 28.9 Å². The number of aliphatic hydroxyl groups is 1. The summed E-state index contributed by atoms with van der Waals surface area (Å²) in [5.41, 5.74) is 0. The zero-order valence-corrected chi connectivity index (χ0v) is 10.7. The SMILES string of the molecule is CC(=O)OC[C@H]1OC=C[C@@H](O)[C@H]1OC(=O)C(C)C. The van der Waals surface area contributed by atoms with Gasteiger partial charge in [-0.3, -0.25) is 9.59 Å². The third-order valence-corrected chi connectivity index (χ3v) is 2.41. The van der Waals surface area contributed by atoms with Crippen LogP contribution in [-0.4, -0.2) is 42.0 Å². The molecule has 0 aromatic heterocycles. The van der Waals surface area contributed by atoms with Crippen molar-refractivity contribution in [3.63, 3.8) is 0 Å². The van der Waals surface area contributed by atoms with Gasteiger partial charge in [-0.2, -0.15) is 0 Å². The summed E-state index contributed by atoms with van der Waals surface area (Å²) in [6.07, 6.45) is 0.143. The van der Waals surface area contributed by atoms with E-state index in [-0.39, 0.29) is 12.5 Å². The van der Waals surface area contributed by atoms with Crippen molar-refractivity contribution >= 4 is 11.9 Å². The van der Waals surface area contributed by atoms with Gasteiger partial charge in [-0.1, -0.05) is 13.8 Å². The van der Waals surface area contributed by atoms with Gasteiger partial charge in [0.2, 0.25) is 0 Å². The maximum atomic E-state index is 11.5. The van der Waals surface area contributed by atoms with Gasteiger partial charge < -0.3 is 19.3 Å². The first-order chi connectivity index (χ1) is 8.41. The topological polar surface area (TPSA) is 82.1 Å². The van der Waals surface area contributed by atoms with Gasteiger partial charge in [-0.05, 0) is 6.08 Å². The first kappa shape index (κ1) is 14.5. The van der Waals surface area contributed by atoms with E-state index >= 15 is 0 Å². The Labute approximate surface area is 106 Å². The second-order valence-electron chi connectivity index (χ2n) is 4.35. The van der Waals surface area contributed by atoms with E-state index in [0.29, 0.717) is 0 Å². The Morgan fingerprint density at radius 3 is 2.67 bits per heavy atom. The van der Waals surface area contributed by atoms with Crippen molar-refractivity contribution in [2.45, 2.75) is 39.1 Å². The van der Waals surface area contributed by atoms with Crippen LogP contribution in [0, 0.1) is 5.92 Å². The van der Waals surface area contributed by atoms with Gasteiger partial charge >= 0.3 is 11.9 Å². The summed E-state index contributed by atoms with van der Waals surface area (Å²) >= 11 is 0. The molecule has 0 radical (unpaired) electrons. The van der Waals surface area contributed by atoms with Crippen molar-refractivity contribution in [2.24, 2.45) is 5.92 Å². The minimum Gasteiger partial charge on any atom is -0.491 e. The molecule has 0 aromatic rings. The molecule has 0 aliphatic carbocycles. The summed E-state index contributed by atoms with van der Waals surface area (Å²) in [6.45, 7) is 4.57. The predicted octanol–water partition coefficient (Wildman–Crippen LogP) is 0.391. The van der Waals surface area contributed by atoms with Crippen LogP contribution in [0.2, 0.25) is 0 Å². The van der Waals surface area contributed by atoms with Crippen LogP contribution < -0.4 is 0 Å². The Morgan fingerprint density at radius 2 is 2.11 bits per heavy atom. The standard InChI is InChI=1S/C12H18O6/c1-7(2)12(15)18-11-9(14)4-5-16-10(11)6-17-8(3)13/h4-5,7,9-11,14H,6H2,1-3H3/t9-,10-,11-/m1/s1. The van der Waals surface area contributed by atoms with Gasteiger partial charge in [-0.25, -0.2) is 0 Å². The lowest BCUT2D eigenvalue weighted by Gasteiger charge is -2.31. The zero-order chi connectivity index (χ0) is 13.7. The molecule has 1 rings (SSSR count). The Hall–Kier alpha value is -1.56. The Morgan fingerprint density at radius 1 is 1.44 bits per heavy atom. The molecule has 102 valence electrons. The molecule has 0 bridgehead atoms. The van der Waals surface area contributed by atoms with Crippen LogP contribution in [0.25, 0.3) is 0 Å². The number of carbonyl (C=O) groups excluding carboxylic acids is 2. The number of esters is 2. The average molecular weight is 258 g/mol. The third kappa shape index (κ3) is 4.03. The number of rotatable bonds is 4. The molecule has 1 heterocycles. The van der Waals surface area contributed by atoms with Crippen LogP contribution in [0.5, 0.6) is 0 Å². The molecular formula is C12H18O6. The molecule has 1 aliphatic heterocycles. The van der Waals surface area contributed by atoms with Gasteiger partial charge in [0.1, 0.15) is 12.7 Å². The molecule has 0 saturated heterocycles. The molecule has 0 spiro atoms. The summed E-state index contributed by atoms with van der Waals surface area (Å²) in [7, 11) is 0. The minimum atomic E-state index is -0.970. The minimum absolute atomic E-state index is 0.0766. The van der Waals surface area contributed by atoms with Gasteiger partial charge in [-0.15, -0.1) is 0 Å². The van der Waals surface area contributed by atoms with E-state index in [1.165, 1.54) is 19.3 Å². The first-order valence-electron chi connectivity index (χ1n) is 5.76. The molecule has 6 nitrogen and oxygen atoms in total. The van der Waals surface area contributed by atoms with Crippen LogP contribution in [0.3, 0.4) is 0 Å². The van der Waals surface area contributed by atoms with Gasteiger partial charge in [0.25, 0.3) is 0 Å². The largest absolute Gasteiger partial charge is 0.491 e. The summed E-state index contributed by atoms with van der Waals surface area (Å²) in [5, 5.41) is 9.75. The fraction of sp³-hybridized carbons (Fsp3) is 0.667. The molecule has 0 aromatic carbocycles. The van der Waals surface area contributed by atoms with Crippen LogP contribution in [-0.2, 0) is 23.8 Å². The van der Waals surface area contributed by atoms with Crippen LogP contribution >= 0.6 is 0 Å². The summed E-state index contributed by atoms with van der Waals surface area (Å²) < 4.78 is 15.2. The van der Waals surface area contributed by atoms with E-state index in [1.54, 1.807) is 13.8 Å². The fourth-order valence-electron chi connectivity index (χ4n) is 1.38. The lowest BCUT2D eigenvalue weighted by atomic mass is 10.1. The molecule has 0 saturated carbocycles. The van der Waals surface area contributed by atoms with Crippen molar-refractivity contribution in [3.8, 4) is 0 Å². The van der Waals surface area contributed by atoms with Crippen molar-refractivity contribution in [1.29, 1.82) is 0 Å². The monoisotopic (exact) mass is 258 g/mol. The Bertz CT molecular complexity index is 335. The summed E-state index contributed by atoms with van der Waals surface area (Å²) in [5.74, 6) is -1.21. The Kier molecular flexibility index (Phi) is 5.15. The number of hydrogen-bond donors (Lipinski definition) is 1. The van der Waals surface area contributed by atoms with E-state index in [2.05, 4.69) is 0 Å². The lowest BCUT2D eigenvalue weighted by molar-refractivity contribution is -0.174. The Balaban J connectivity index is 2.65. The second kappa shape index (κ2) is 6.39. The summed E-state index contributed by atoms with van der Waals surface area (Å²) in [6, 6.07) is 0. The fourth-order valence-corrected chi connectivity index (χ4v) is 1.38. The summed E-state index contributed by atoms with van der Waals surface area (Å²) in [4.78, 5) is 22.3. The van der Waals surface area contributed by atoms with E-state index in [4.69, 9.17) is 14.2 Å². The molecule has 0 unspecified atom stereocenters. The number of carbonyl (C=O) groups is 2. The third-order valence-electron chi connectivity index (χ3n) is 2.41. The lowest BCUT2D eigenvalue weighted by Crippen LogP contribution is -2.46. The van der Waals surface area contributed by atoms with Crippen LogP contribution in [0.15, 0.2) is 12.3 Å².